The van der Waals surface area contributed by atoms with Crippen LogP contribution in [-0.2, 0) is 0 Å². The highest BCUT2D eigenvalue weighted by molar-refractivity contribution is 5.36. The van der Waals surface area contributed by atoms with E-state index in [9.17, 15) is 0 Å². The smallest absolute Gasteiger partial charge is 0.149 e. The monoisotopic (exact) mass is 219 g/mol. The third kappa shape index (κ3) is 2.94. The van der Waals surface area contributed by atoms with Crippen LogP contribution in [0, 0.1) is 12.8 Å². The summed E-state index contributed by atoms with van der Waals surface area (Å²) in [4.78, 5) is 0. The van der Waals surface area contributed by atoms with Crippen molar-refractivity contribution in [2.45, 2.75) is 52.0 Å². The predicted molar refractivity (Wildman–Crippen MR) is 66.4 cm³/mol. The van der Waals surface area contributed by atoms with Crippen LogP contribution in [-0.4, -0.2) is 16.2 Å². The van der Waals surface area contributed by atoms with E-state index in [0.29, 0.717) is 6.04 Å². The van der Waals surface area contributed by atoms with Gasteiger partial charge in [-0.15, -0.1) is 5.10 Å². The van der Waals surface area contributed by atoms with Gasteiger partial charge in [0.2, 0.25) is 0 Å². The summed E-state index contributed by atoms with van der Waals surface area (Å²) >= 11 is 0. The number of rotatable bonds is 3. The van der Waals surface area contributed by atoms with Crippen molar-refractivity contribution in [2.24, 2.45) is 5.92 Å². The summed E-state index contributed by atoms with van der Waals surface area (Å²) in [5.74, 6) is 1.82. The minimum absolute atomic E-state index is 0.592. The zero-order chi connectivity index (χ0) is 11.4. The first kappa shape index (κ1) is 11.4. The minimum Gasteiger partial charge on any atom is -0.366 e. The molecule has 0 aliphatic heterocycles. The van der Waals surface area contributed by atoms with Crippen molar-refractivity contribution in [2.75, 3.05) is 5.32 Å². The van der Waals surface area contributed by atoms with Gasteiger partial charge in [0.25, 0.3) is 0 Å². The van der Waals surface area contributed by atoms with Crippen molar-refractivity contribution in [3.05, 3.63) is 17.8 Å². The molecule has 0 bridgehead atoms. The molecule has 1 aromatic heterocycles. The fourth-order valence-corrected chi connectivity index (χ4v) is 2.54. The fourth-order valence-electron chi connectivity index (χ4n) is 2.54. The van der Waals surface area contributed by atoms with Gasteiger partial charge in [0, 0.05) is 6.04 Å². The standard InChI is InChI=1S/C13H21N3/c1-3-11-5-4-6-12(8-11)15-13-7-10(2)9-14-16-13/h7,9,11-12H,3-6,8H2,1-2H3,(H,15,16). The minimum atomic E-state index is 0.592. The van der Waals surface area contributed by atoms with Gasteiger partial charge in [-0.2, -0.15) is 5.10 Å². The summed E-state index contributed by atoms with van der Waals surface area (Å²) in [5, 5.41) is 11.6. The predicted octanol–water partition coefficient (Wildman–Crippen LogP) is 3.17. The molecule has 0 spiro atoms. The summed E-state index contributed by atoms with van der Waals surface area (Å²) in [6.45, 7) is 4.34. The lowest BCUT2D eigenvalue weighted by Crippen LogP contribution is -2.27. The van der Waals surface area contributed by atoms with Gasteiger partial charge < -0.3 is 5.32 Å². The molecule has 1 saturated carbocycles. The lowest BCUT2D eigenvalue weighted by Gasteiger charge is -2.29. The molecule has 2 rings (SSSR count). The Morgan fingerprint density at radius 1 is 1.44 bits per heavy atom. The van der Waals surface area contributed by atoms with Crippen molar-refractivity contribution in [3.63, 3.8) is 0 Å². The van der Waals surface area contributed by atoms with Crippen molar-refractivity contribution in [1.29, 1.82) is 0 Å². The summed E-state index contributed by atoms with van der Waals surface area (Å²) in [6.07, 6.45) is 8.39. The second kappa shape index (κ2) is 5.28. The molecule has 1 fully saturated rings. The molecular formula is C13H21N3. The van der Waals surface area contributed by atoms with E-state index in [0.717, 1.165) is 11.7 Å². The third-order valence-electron chi connectivity index (χ3n) is 3.50. The van der Waals surface area contributed by atoms with E-state index in [1.54, 1.807) is 6.20 Å². The first-order valence-corrected chi connectivity index (χ1v) is 6.33. The van der Waals surface area contributed by atoms with E-state index in [2.05, 4.69) is 35.4 Å². The average molecular weight is 219 g/mol. The van der Waals surface area contributed by atoms with Gasteiger partial charge in [-0.3, -0.25) is 0 Å². The first-order valence-electron chi connectivity index (χ1n) is 6.33. The Hall–Kier alpha value is -1.12. The molecule has 88 valence electrons. The molecule has 2 atom stereocenters. The average Bonchev–Trinajstić information content (AvgIpc) is 2.29. The molecule has 1 aliphatic carbocycles. The van der Waals surface area contributed by atoms with Crippen LogP contribution in [0.25, 0.3) is 0 Å². The van der Waals surface area contributed by atoms with Crippen LogP contribution in [0.1, 0.15) is 44.6 Å². The van der Waals surface area contributed by atoms with Crippen molar-refractivity contribution < 1.29 is 0 Å². The fraction of sp³-hybridized carbons (Fsp3) is 0.692. The summed E-state index contributed by atoms with van der Waals surface area (Å²) in [6, 6.07) is 2.66. The number of hydrogen-bond acceptors (Lipinski definition) is 3. The Bertz CT molecular complexity index is 338. The van der Waals surface area contributed by atoms with Crippen LogP contribution in [0.4, 0.5) is 5.82 Å². The highest BCUT2D eigenvalue weighted by Gasteiger charge is 2.20. The molecule has 0 radical (unpaired) electrons. The maximum atomic E-state index is 4.12. The largest absolute Gasteiger partial charge is 0.366 e. The van der Waals surface area contributed by atoms with Gasteiger partial charge in [-0.05, 0) is 37.3 Å². The number of aromatic nitrogens is 2. The Labute approximate surface area is 97.7 Å². The molecule has 0 aromatic carbocycles. The number of anilines is 1. The van der Waals surface area contributed by atoms with Gasteiger partial charge in [0.15, 0.2) is 0 Å². The number of hydrogen-bond donors (Lipinski definition) is 1. The Kier molecular flexibility index (Phi) is 3.75. The zero-order valence-electron chi connectivity index (χ0n) is 10.2. The molecule has 1 heterocycles. The molecule has 3 heteroatoms. The van der Waals surface area contributed by atoms with E-state index in [4.69, 9.17) is 0 Å². The van der Waals surface area contributed by atoms with E-state index in [-0.39, 0.29) is 0 Å². The summed E-state index contributed by atoms with van der Waals surface area (Å²) < 4.78 is 0. The van der Waals surface area contributed by atoms with Crippen molar-refractivity contribution in [3.8, 4) is 0 Å². The van der Waals surface area contributed by atoms with Crippen LogP contribution in [0.3, 0.4) is 0 Å². The topological polar surface area (TPSA) is 37.8 Å². The Morgan fingerprint density at radius 3 is 3.06 bits per heavy atom. The van der Waals surface area contributed by atoms with Crippen LogP contribution in [0.5, 0.6) is 0 Å². The van der Waals surface area contributed by atoms with Gasteiger partial charge in [-0.25, -0.2) is 0 Å². The Balaban J connectivity index is 1.94. The second-order valence-electron chi connectivity index (χ2n) is 4.90. The molecule has 1 aromatic rings. The second-order valence-corrected chi connectivity index (χ2v) is 4.90. The Morgan fingerprint density at radius 2 is 2.31 bits per heavy atom. The van der Waals surface area contributed by atoms with E-state index in [1.807, 2.05) is 0 Å². The van der Waals surface area contributed by atoms with E-state index in [1.165, 1.54) is 37.7 Å². The van der Waals surface area contributed by atoms with Crippen molar-refractivity contribution >= 4 is 5.82 Å². The normalized spacial score (nSPS) is 25.4. The molecular weight excluding hydrogens is 198 g/mol. The number of nitrogens with one attached hydrogen (secondary N) is 1. The van der Waals surface area contributed by atoms with Crippen LogP contribution >= 0.6 is 0 Å². The maximum absolute atomic E-state index is 4.12. The number of aryl methyl sites for hydroxylation is 1. The quantitative estimate of drug-likeness (QED) is 0.848. The molecule has 0 amide bonds. The van der Waals surface area contributed by atoms with Gasteiger partial charge in [0.05, 0.1) is 6.20 Å². The van der Waals surface area contributed by atoms with Gasteiger partial charge >= 0.3 is 0 Å². The first-order chi connectivity index (χ1) is 7.78. The van der Waals surface area contributed by atoms with Crippen molar-refractivity contribution in [1.82, 2.24) is 10.2 Å². The van der Waals surface area contributed by atoms with Crippen LogP contribution in [0.2, 0.25) is 0 Å². The highest BCUT2D eigenvalue weighted by atomic mass is 15.2. The molecule has 3 nitrogen and oxygen atoms in total. The van der Waals surface area contributed by atoms with E-state index >= 15 is 0 Å². The lowest BCUT2D eigenvalue weighted by molar-refractivity contribution is 0.327. The highest BCUT2D eigenvalue weighted by Crippen LogP contribution is 2.28. The number of nitrogens with zero attached hydrogens (tertiary/aromatic N) is 2. The third-order valence-corrected chi connectivity index (χ3v) is 3.50. The summed E-state index contributed by atoms with van der Waals surface area (Å²) in [5.41, 5.74) is 1.17. The van der Waals surface area contributed by atoms with Gasteiger partial charge in [0.1, 0.15) is 5.82 Å². The molecule has 1 N–H and O–H groups in total. The molecule has 0 saturated heterocycles. The van der Waals surface area contributed by atoms with Crippen LogP contribution in [0.15, 0.2) is 12.3 Å². The molecule has 1 aliphatic rings. The van der Waals surface area contributed by atoms with Crippen LogP contribution < -0.4 is 5.32 Å². The summed E-state index contributed by atoms with van der Waals surface area (Å²) in [7, 11) is 0. The van der Waals surface area contributed by atoms with E-state index < -0.39 is 0 Å². The molecule has 16 heavy (non-hydrogen) atoms. The maximum Gasteiger partial charge on any atom is 0.149 e. The zero-order valence-corrected chi connectivity index (χ0v) is 10.2. The van der Waals surface area contributed by atoms with Gasteiger partial charge in [-0.1, -0.05) is 26.2 Å². The molecule has 2 unspecified atom stereocenters. The lowest BCUT2D eigenvalue weighted by atomic mass is 9.84. The SMILES string of the molecule is CCC1CCCC(Nc2cc(C)cnn2)C1.